The molecule has 2 heterocycles. The van der Waals surface area contributed by atoms with E-state index in [1.165, 1.54) is 11.3 Å². The van der Waals surface area contributed by atoms with Crippen LogP contribution in [0, 0.1) is 0 Å². The van der Waals surface area contributed by atoms with Crippen LogP contribution in [0.4, 0.5) is 11.1 Å². The second-order valence-electron chi connectivity index (χ2n) is 4.88. The summed E-state index contributed by atoms with van der Waals surface area (Å²) in [6.45, 7) is 0.960. The summed E-state index contributed by atoms with van der Waals surface area (Å²) in [7, 11) is 0. The van der Waals surface area contributed by atoms with Gasteiger partial charge in [0.25, 0.3) is 0 Å². The van der Waals surface area contributed by atoms with Crippen LogP contribution < -0.4 is 11.1 Å². The number of ether oxygens (including phenoxy) is 1. The lowest BCUT2D eigenvalue weighted by Gasteiger charge is -2.10. The van der Waals surface area contributed by atoms with Crippen molar-refractivity contribution in [1.29, 1.82) is 0 Å². The first-order chi connectivity index (χ1) is 11.3. The minimum Gasteiger partial charge on any atom is -0.375 e. The Morgan fingerprint density at radius 1 is 1.13 bits per heavy atom. The third-order valence-corrected chi connectivity index (χ3v) is 3.87. The highest BCUT2D eigenvalue weighted by atomic mass is 32.1. The van der Waals surface area contributed by atoms with Crippen LogP contribution in [-0.4, -0.2) is 21.6 Å². The molecule has 0 aliphatic rings. The van der Waals surface area contributed by atoms with Crippen LogP contribution in [0.15, 0.2) is 54.2 Å². The highest BCUT2D eigenvalue weighted by Gasteiger charge is 2.11. The molecule has 7 heteroatoms. The van der Waals surface area contributed by atoms with Crippen molar-refractivity contribution >= 4 is 22.4 Å². The summed E-state index contributed by atoms with van der Waals surface area (Å²) >= 11 is 1.46. The largest absolute Gasteiger partial charge is 0.375 e. The number of hydrogen-bond acceptors (Lipinski definition) is 7. The van der Waals surface area contributed by atoms with Gasteiger partial charge < -0.3 is 15.8 Å². The summed E-state index contributed by atoms with van der Waals surface area (Å²) < 4.78 is 5.66. The van der Waals surface area contributed by atoms with E-state index >= 15 is 0 Å². The molecule has 3 rings (SSSR count). The molecule has 1 aromatic carbocycles. The molecule has 6 nitrogen and oxygen atoms in total. The lowest BCUT2D eigenvalue weighted by atomic mass is 10.2. The van der Waals surface area contributed by atoms with E-state index in [2.05, 4.69) is 20.3 Å². The minimum atomic E-state index is -0.262. The molecule has 2 aromatic heterocycles. The number of nitrogens with zero attached hydrogens (tertiary/aromatic N) is 3. The Hall–Kier alpha value is -2.35. The molecule has 1 atom stereocenters. The maximum atomic E-state index is 6.13. The van der Waals surface area contributed by atoms with Crippen LogP contribution in [0.1, 0.15) is 17.3 Å². The third kappa shape index (κ3) is 4.56. The van der Waals surface area contributed by atoms with Crippen LogP contribution in [-0.2, 0) is 11.3 Å². The molecule has 1 unspecified atom stereocenters. The molecule has 118 valence electrons. The smallest absolute Gasteiger partial charge is 0.228 e. The van der Waals surface area contributed by atoms with E-state index in [4.69, 9.17) is 10.5 Å². The van der Waals surface area contributed by atoms with Crippen molar-refractivity contribution in [1.82, 2.24) is 15.0 Å². The third-order valence-electron chi connectivity index (χ3n) is 3.10. The highest BCUT2D eigenvalue weighted by Crippen LogP contribution is 2.22. The average Bonchev–Trinajstić information content (AvgIpc) is 3.05. The van der Waals surface area contributed by atoms with Crippen LogP contribution in [0.2, 0.25) is 0 Å². The van der Waals surface area contributed by atoms with Crippen LogP contribution in [0.3, 0.4) is 0 Å². The van der Waals surface area contributed by atoms with E-state index in [1.807, 2.05) is 35.7 Å². The zero-order valence-electron chi connectivity index (χ0n) is 12.4. The molecule has 0 spiro atoms. The number of nitrogens with one attached hydrogen (secondary N) is 1. The molecular weight excluding hydrogens is 310 g/mol. The van der Waals surface area contributed by atoms with Gasteiger partial charge in [0.1, 0.15) is 0 Å². The normalized spacial score (nSPS) is 12.0. The standard InChI is InChI=1S/C16H17N5OS/c17-13(10-22-9-12-5-2-1-3-6-12)14-11-23-16(20-14)21-15-18-7-4-8-19-15/h1-8,11,13H,9-10,17H2,(H,18,19,20,21). The molecular formula is C16H17N5OS. The highest BCUT2D eigenvalue weighted by molar-refractivity contribution is 7.13. The Kier molecular flexibility index (Phi) is 5.25. The number of nitrogens with two attached hydrogens (primary N) is 1. The molecule has 0 aliphatic heterocycles. The van der Waals surface area contributed by atoms with Gasteiger partial charge in [-0.15, -0.1) is 11.3 Å². The number of thiazole rings is 1. The van der Waals surface area contributed by atoms with Crippen LogP contribution >= 0.6 is 11.3 Å². The van der Waals surface area contributed by atoms with Crippen molar-refractivity contribution in [2.24, 2.45) is 5.73 Å². The summed E-state index contributed by atoms with van der Waals surface area (Å²) in [5.74, 6) is 0.516. The Morgan fingerprint density at radius 3 is 2.70 bits per heavy atom. The van der Waals surface area contributed by atoms with Crippen molar-refractivity contribution in [2.45, 2.75) is 12.6 Å². The van der Waals surface area contributed by atoms with E-state index in [-0.39, 0.29) is 6.04 Å². The topological polar surface area (TPSA) is 86.0 Å². The van der Waals surface area contributed by atoms with Gasteiger partial charge >= 0.3 is 0 Å². The van der Waals surface area contributed by atoms with Gasteiger partial charge in [0.05, 0.1) is 24.9 Å². The summed E-state index contributed by atoms with van der Waals surface area (Å²) in [6, 6.07) is 11.5. The number of benzene rings is 1. The van der Waals surface area contributed by atoms with E-state index in [0.29, 0.717) is 24.3 Å². The lowest BCUT2D eigenvalue weighted by molar-refractivity contribution is 0.107. The first kappa shape index (κ1) is 15.5. The molecule has 0 radical (unpaired) electrons. The van der Waals surface area contributed by atoms with Crippen molar-refractivity contribution in [3.05, 3.63) is 65.4 Å². The number of hydrogen-bond donors (Lipinski definition) is 2. The summed E-state index contributed by atoms with van der Waals surface area (Å²) in [6.07, 6.45) is 3.35. The van der Waals surface area contributed by atoms with Gasteiger partial charge in [0, 0.05) is 17.8 Å². The molecule has 0 saturated heterocycles. The van der Waals surface area contributed by atoms with Crippen molar-refractivity contribution in [2.75, 3.05) is 11.9 Å². The minimum absolute atomic E-state index is 0.262. The van der Waals surface area contributed by atoms with Gasteiger partial charge in [0.15, 0.2) is 5.13 Å². The number of anilines is 2. The molecule has 3 N–H and O–H groups in total. The van der Waals surface area contributed by atoms with Gasteiger partial charge in [-0.3, -0.25) is 0 Å². The predicted molar refractivity (Wildman–Crippen MR) is 90.5 cm³/mol. The van der Waals surface area contributed by atoms with E-state index in [1.54, 1.807) is 18.5 Å². The van der Waals surface area contributed by atoms with Gasteiger partial charge in [0.2, 0.25) is 5.95 Å². The van der Waals surface area contributed by atoms with E-state index in [9.17, 15) is 0 Å². The fourth-order valence-electron chi connectivity index (χ4n) is 1.94. The maximum Gasteiger partial charge on any atom is 0.228 e. The first-order valence-corrected chi connectivity index (χ1v) is 8.06. The second kappa shape index (κ2) is 7.77. The fraction of sp³-hybridized carbons (Fsp3) is 0.188. The Balaban J connectivity index is 1.51. The number of rotatable bonds is 7. The second-order valence-corrected chi connectivity index (χ2v) is 5.74. The van der Waals surface area contributed by atoms with E-state index in [0.717, 1.165) is 11.3 Å². The van der Waals surface area contributed by atoms with E-state index < -0.39 is 0 Å². The molecule has 0 amide bonds. The van der Waals surface area contributed by atoms with Gasteiger partial charge in [-0.25, -0.2) is 15.0 Å². The fourth-order valence-corrected chi connectivity index (χ4v) is 2.70. The molecule has 0 bridgehead atoms. The molecule has 23 heavy (non-hydrogen) atoms. The Bertz CT molecular complexity index is 720. The summed E-state index contributed by atoms with van der Waals surface area (Å²) in [4.78, 5) is 12.7. The Labute approximate surface area is 138 Å². The summed E-state index contributed by atoms with van der Waals surface area (Å²) in [5, 5.41) is 5.68. The van der Waals surface area contributed by atoms with Crippen molar-refractivity contribution in [3.63, 3.8) is 0 Å². The molecule has 3 aromatic rings. The zero-order valence-corrected chi connectivity index (χ0v) is 13.2. The number of aromatic nitrogens is 3. The quantitative estimate of drug-likeness (QED) is 0.694. The first-order valence-electron chi connectivity index (χ1n) is 7.18. The maximum absolute atomic E-state index is 6.13. The molecule has 0 saturated carbocycles. The van der Waals surface area contributed by atoms with Crippen molar-refractivity contribution < 1.29 is 4.74 Å². The van der Waals surface area contributed by atoms with Crippen molar-refractivity contribution in [3.8, 4) is 0 Å². The monoisotopic (exact) mass is 327 g/mol. The lowest BCUT2D eigenvalue weighted by Crippen LogP contribution is -2.17. The van der Waals surface area contributed by atoms with Gasteiger partial charge in [-0.1, -0.05) is 30.3 Å². The molecule has 0 aliphatic carbocycles. The van der Waals surface area contributed by atoms with Gasteiger partial charge in [-0.2, -0.15) is 0 Å². The zero-order chi connectivity index (χ0) is 15.9. The Morgan fingerprint density at radius 2 is 1.91 bits per heavy atom. The van der Waals surface area contributed by atoms with Gasteiger partial charge in [-0.05, 0) is 11.6 Å². The van der Waals surface area contributed by atoms with Crippen LogP contribution in [0.5, 0.6) is 0 Å². The van der Waals surface area contributed by atoms with Crippen LogP contribution in [0.25, 0.3) is 0 Å². The molecule has 0 fully saturated rings. The average molecular weight is 327 g/mol. The SMILES string of the molecule is NC(COCc1ccccc1)c1csc(Nc2ncccn2)n1. The summed E-state index contributed by atoms with van der Waals surface area (Å²) in [5.41, 5.74) is 8.05. The predicted octanol–water partition coefficient (Wildman–Crippen LogP) is 2.89.